The third-order valence-corrected chi connectivity index (χ3v) is 3.38. The molecular weight excluding hydrogens is 252 g/mol. The molecule has 1 unspecified atom stereocenters. The zero-order chi connectivity index (χ0) is 14.5. The lowest BCUT2D eigenvalue weighted by atomic mass is 10.0. The van der Waals surface area contributed by atoms with Crippen LogP contribution in [0.1, 0.15) is 25.8 Å². The van der Waals surface area contributed by atoms with Crippen molar-refractivity contribution in [2.45, 2.75) is 32.9 Å². The predicted molar refractivity (Wildman–Crippen MR) is 79.1 cm³/mol. The lowest BCUT2D eigenvalue weighted by Crippen LogP contribution is -2.29. The number of amides is 1. The van der Waals surface area contributed by atoms with Crippen LogP contribution in [0.4, 0.5) is 0 Å². The molecule has 1 heterocycles. The molecule has 1 amide bonds. The van der Waals surface area contributed by atoms with E-state index in [1.54, 1.807) is 6.20 Å². The van der Waals surface area contributed by atoms with Crippen LogP contribution in [-0.2, 0) is 11.3 Å². The van der Waals surface area contributed by atoms with Gasteiger partial charge in [0.25, 0.3) is 0 Å². The van der Waals surface area contributed by atoms with Crippen LogP contribution in [0.15, 0.2) is 36.5 Å². The number of pyridine rings is 1. The molecule has 4 nitrogen and oxygen atoms in total. The number of benzene rings is 1. The molecule has 20 heavy (non-hydrogen) atoms. The molecule has 106 valence electrons. The molecule has 0 saturated carbocycles. The summed E-state index contributed by atoms with van der Waals surface area (Å²) in [5, 5.41) is 13.6. The molecular formula is C16H20N2O2. The fraction of sp³-hybridized carbons (Fsp3) is 0.375. The monoisotopic (exact) mass is 272 g/mol. The second-order valence-corrected chi connectivity index (χ2v) is 5.28. The number of aliphatic hydroxyl groups is 1. The summed E-state index contributed by atoms with van der Waals surface area (Å²) in [6, 6.07) is 9.74. The molecule has 2 aromatic rings. The van der Waals surface area contributed by atoms with Crippen molar-refractivity contribution in [1.29, 1.82) is 0 Å². The summed E-state index contributed by atoms with van der Waals surface area (Å²) in [5.74, 6) is -0.0467. The topological polar surface area (TPSA) is 62.2 Å². The largest absolute Gasteiger partial charge is 0.392 e. The number of hydrogen-bond donors (Lipinski definition) is 2. The van der Waals surface area contributed by atoms with Crippen molar-refractivity contribution in [3.63, 3.8) is 0 Å². The summed E-state index contributed by atoms with van der Waals surface area (Å²) in [6.45, 7) is 4.25. The Bertz CT molecular complexity index is 591. The van der Waals surface area contributed by atoms with Gasteiger partial charge in [-0.15, -0.1) is 0 Å². The Morgan fingerprint density at radius 3 is 2.80 bits per heavy atom. The van der Waals surface area contributed by atoms with Gasteiger partial charge in [0.2, 0.25) is 5.91 Å². The summed E-state index contributed by atoms with van der Waals surface area (Å²) in [5.41, 5.74) is 1.95. The van der Waals surface area contributed by atoms with Crippen LogP contribution < -0.4 is 5.32 Å². The first-order valence-electron chi connectivity index (χ1n) is 6.85. The number of rotatable bonds is 5. The Kier molecular flexibility index (Phi) is 4.69. The average molecular weight is 272 g/mol. The van der Waals surface area contributed by atoms with Crippen molar-refractivity contribution in [3.05, 3.63) is 42.1 Å². The van der Waals surface area contributed by atoms with Gasteiger partial charge in [0, 0.05) is 18.1 Å². The van der Waals surface area contributed by atoms with E-state index in [2.05, 4.69) is 10.3 Å². The van der Waals surface area contributed by atoms with Crippen LogP contribution in [0.2, 0.25) is 0 Å². The Morgan fingerprint density at radius 2 is 2.05 bits per heavy atom. The second kappa shape index (κ2) is 6.48. The lowest BCUT2D eigenvalue weighted by molar-refractivity contribution is -0.123. The number of aliphatic hydroxyl groups excluding tert-OH is 1. The van der Waals surface area contributed by atoms with Crippen molar-refractivity contribution in [2.24, 2.45) is 5.92 Å². The highest BCUT2D eigenvalue weighted by Gasteiger charge is 2.14. The highest BCUT2D eigenvalue weighted by molar-refractivity contribution is 5.82. The van der Waals surface area contributed by atoms with Gasteiger partial charge >= 0.3 is 0 Å². The van der Waals surface area contributed by atoms with Crippen molar-refractivity contribution in [3.8, 4) is 0 Å². The first-order valence-corrected chi connectivity index (χ1v) is 6.85. The van der Waals surface area contributed by atoms with Gasteiger partial charge in [-0.3, -0.25) is 9.78 Å². The van der Waals surface area contributed by atoms with Gasteiger partial charge < -0.3 is 10.4 Å². The van der Waals surface area contributed by atoms with E-state index in [0.29, 0.717) is 6.54 Å². The van der Waals surface area contributed by atoms with Crippen LogP contribution in [0, 0.1) is 5.92 Å². The standard InChI is InChI=1S/C16H20N2O2/c1-11(2)15(19)9-16(20)18-10-12-7-8-17-14-6-4-3-5-13(12)14/h3-8,11,15,19H,9-10H2,1-2H3,(H,18,20). The summed E-state index contributed by atoms with van der Waals surface area (Å²) in [6.07, 6.45) is 1.29. The minimum absolute atomic E-state index is 0.0857. The molecule has 0 fully saturated rings. The average Bonchev–Trinajstić information content (AvgIpc) is 2.44. The van der Waals surface area contributed by atoms with Gasteiger partial charge in [0.1, 0.15) is 0 Å². The maximum atomic E-state index is 11.8. The van der Waals surface area contributed by atoms with E-state index in [1.165, 1.54) is 0 Å². The van der Waals surface area contributed by atoms with E-state index in [0.717, 1.165) is 16.5 Å². The quantitative estimate of drug-likeness (QED) is 0.877. The molecule has 1 aromatic heterocycles. The fourth-order valence-electron chi connectivity index (χ4n) is 2.00. The SMILES string of the molecule is CC(C)C(O)CC(=O)NCc1ccnc2ccccc12. The molecule has 0 aliphatic rings. The smallest absolute Gasteiger partial charge is 0.222 e. The molecule has 0 aliphatic heterocycles. The molecule has 2 rings (SSSR count). The maximum Gasteiger partial charge on any atom is 0.222 e. The van der Waals surface area contributed by atoms with Crippen molar-refractivity contribution in [2.75, 3.05) is 0 Å². The van der Waals surface area contributed by atoms with Crippen LogP contribution in [0.25, 0.3) is 10.9 Å². The number of carbonyl (C=O) groups excluding carboxylic acids is 1. The van der Waals surface area contributed by atoms with Crippen molar-refractivity contribution in [1.82, 2.24) is 10.3 Å². The third kappa shape index (κ3) is 3.54. The summed E-state index contributed by atoms with van der Waals surface area (Å²) < 4.78 is 0. The van der Waals surface area contributed by atoms with Crippen LogP contribution in [0.3, 0.4) is 0 Å². The molecule has 0 radical (unpaired) electrons. The number of aromatic nitrogens is 1. The zero-order valence-electron chi connectivity index (χ0n) is 11.8. The summed E-state index contributed by atoms with van der Waals surface area (Å²) in [4.78, 5) is 16.1. The minimum Gasteiger partial charge on any atom is -0.392 e. The maximum absolute atomic E-state index is 11.8. The molecule has 0 bridgehead atoms. The van der Waals surface area contributed by atoms with E-state index in [4.69, 9.17) is 0 Å². The molecule has 0 spiro atoms. The van der Waals surface area contributed by atoms with Gasteiger partial charge in [0.15, 0.2) is 0 Å². The lowest BCUT2D eigenvalue weighted by Gasteiger charge is -2.14. The number of nitrogens with one attached hydrogen (secondary N) is 1. The summed E-state index contributed by atoms with van der Waals surface area (Å²) in [7, 11) is 0. The molecule has 1 atom stereocenters. The molecule has 1 aromatic carbocycles. The second-order valence-electron chi connectivity index (χ2n) is 5.28. The normalized spacial score (nSPS) is 12.6. The number of nitrogens with zero attached hydrogens (tertiary/aromatic N) is 1. The van der Waals surface area contributed by atoms with Crippen LogP contribution in [-0.4, -0.2) is 22.1 Å². The molecule has 2 N–H and O–H groups in total. The van der Waals surface area contributed by atoms with E-state index in [-0.39, 0.29) is 18.2 Å². The van der Waals surface area contributed by atoms with Gasteiger partial charge in [-0.1, -0.05) is 32.0 Å². The van der Waals surface area contributed by atoms with E-state index >= 15 is 0 Å². The zero-order valence-corrected chi connectivity index (χ0v) is 11.8. The predicted octanol–water partition coefficient (Wildman–Crippen LogP) is 2.26. The Balaban J connectivity index is 2.01. The summed E-state index contributed by atoms with van der Waals surface area (Å²) >= 11 is 0. The number of hydrogen-bond acceptors (Lipinski definition) is 3. The highest BCUT2D eigenvalue weighted by Crippen LogP contribution is 2.16. The van der Waals surface area contributed by atoms with E-state index < -0.39 is 6.10 Å². The van der Waals surface area contributed by atoms with Gasteiger partial charge in [-0.2, -0.15) is 0 Å². The first-order chi connectivity index (χ1) is 9.58. The molecule has 0 aliphatic carbocycles. The highest BCUT2D eigenvalue weighted by atomic mass is 16.3. The Morgan fingerprint density at radius 1 is 1.30 bits per heavy atom. The van der Waals surface area contributed by atoms with Crippen LogP contribution >= 0.6 is 0 Å². The number of carbonyl (C=O) groups is 1. The molecule has 4 heteroatoms. The number of fused-ring (bicyclic) bond motifs is 1. The fourth-order valence-corrected chi connectivity index (χ4v) is 2.00. The van der Waals surface area contributed by atoms with Gasteiger partial charge in [-0.05, 0) is 23.6 Å². The van der Waals surface area contributed by atoms with Crippen molar-refractivity contribution >= 4 is 16.8 Å². The van der Waals surface area contributed by atoms with E-state index in [1.807, 2.05) is 44.2 Å². The Labute approximate surface area is 118 Å². The minimum atomic E-state index is -0.593. The van der Waals surface area contributed by atoms with Crippen LogP contribution in [0.5, 0.6) is 0 Å². The van der Waals surface area contributed by atoms with Crippen molar-refractivity contribution < 1.29 is 9.90 Å². The first kappa shape index (κ1) is 14.5. The van der Waals surface area contributed by atoms with Gasteiger partial charge in [0.05, 0.1) is 18.0 Å². The third-order valence-electron chi connectivity index (χ3n) is 3.38. The van der Waals surface area contributed by atoms with E-state index in [9.17, 15) is 9.90 Å². The number of para-hydroxylation sites is 1. The Hall–Kier alpha value is -1.94. The molecule has 0 saturated heterocycles. The van der Waals surface area contributed by atoms with Gasteiger partial charge in [-0.25, -0.2) is 0 Å².